The maximum atomic E-state index is 12.6. The highest BCUT2D eigenvalue weighted by Crippen LogP contribution is 2.27. The molecule has 1 amide bonds. The Morgan fingerprint density at radius 3 is 2.24 bits per heavy atom. The number of rotatable bonds is 9. The van der Waals surface area contributed by atoms with E-state index < -0.39 is 17.9 Å². The molecule has 3 aromatic carbocycles. The fourth-order valence-corrected chi connectivity index (χ4v) is 4.38. The summed E-state index contributed by atoms with van der Waals surface area (Å²) in [5, 5.41) is 15.1. The maximum Gasteiger partial charge on any atom is 0.326 e. The third-order valence-electron chi connectivity index (χ3n) is 5.41. The average Bonchev–Trinajstić information content (AvgIpc) is 3.36. The van der Waals surface area contributed by atoms with Gasteiger partial charge in [0.25, 0.3) is 5.91 Å². The Hall–Kier alpha value is -3.97. The summed E-state index contributed by atoms with van der Waals surface area (Å²) in [6, 6.07) is 25.5. The fourth-order valence-electron chi connectivity index (χ4n) is 3.58. The van der Waals surface area contributed by atoms with Gasteiger partial charge < -0.3 is 15.3 Å². The topological polar surface area (TPSA) is 82.5 Å². The highest BCUT2D eigenvalue weighted by atomic mass is 32.1. The number of aromatic nitrogens is 1. The highest BCUT2D eigenvalue weighted by Gasteiger charge is 2.21. The van der Waals surface area contributed by atoms with E-state index in [9.17, 15) is 14.7 Å². The molecule has 1 unspecified atom stereocenters. The lowest BCUT2D eigenvalue weighted by Gasteiger charge is -2.17. The number of aliphatic carboxylic acids is 1. The Morgan fingerprint density at radius 1 is 0.941 bits per heavy atom. The zero-order valence-corrected chi connectivity index (χ0v) is 19.5. The molecule has 1 atom stereocenters. The molecule has 0 radical (unpaired) electrons. The van der Waals surface area contributed by atoms with Crippen LogP contribution in [0.15, 0.2) is 90.3 Å². The number of benzene rings is 3. The lowest BCUT2D eigenvalue weighted by Crippen LogP contribution is -2.42. The number of carbonyl (C=O) groups is 2. The van der Waals surface area contributed by atoms with Gasteiger partial charge in [0.05, 0.1) is 5.69 Å². The van der Waals surface area contributed by atoms with Crippen LogP contribution in [0.4, 0.5) is 5.13 Å². The van der Waals surface area contributed by atoms with Crippen molar-refractivity contribution < 1.29 is 14.7 Å². The summed E-state index contributed by atoms with van der Waals surface area (Å²) < 4.78 is 0. The molecular weight excluding hydrogens is 446 g/mol. The van der Waals surface area contributed by atoms with Crippen LogP contribution in [0.2, 0.25) is 0 Å². The third-order valence-corrected chi connectivity index (χ3v) is 6.36. The summed E-state index contributed by atoms with van der Waals surface area (Å²) in [4.78, 5) is 31.1. The fraction of sp³-hybridized carbons (Fsp3) is 0.148. The minimum atomic E-state index is -1.06. The molecule has 172 valence electrons. The number of hydrogen-bond donors (Lipinski definition) is 2. The van der Waals surface area contributed by atoms with Crippen molar-refractivity contribution in [2.24, 2.45) is 0 Å². The van der Waals surface area contributed by atoms with Gasteiger partial charge in [-0.25, -0.2) is 9.78 Å². The van der Waals surface area contributed by atoms with Crippen molar-refractivity contribution in [1.82, 2.24) is 10.3 Å². The average molecular weight is 472 g/mol. The van der Waals surface area contributed by atoms with Crippen molar-refractivity contribution in [3.63, 3.8) is 0 Å². The Labute approximate surface area is 202 Å². The van der Waals surface area contributed by atoms with E-state index in [0.29, 0.717) is 12.1 Å². The smallest absolute Gasteiger partial charge is 0.326 e. The summed E-state index contributed by atoms with van der Waals surface area (Å²) in [6.45, 7) is 0.634. The molecule has 7 heteroatoms. The Kier molecular flexibility index (Phi) is 7.34. The van der Waals surface area contributed by atoms with Gasteiger partial charge in [-0.05, 0) is 23.3 Å². The van der Waals surface area contributed by atoms with Crippen LogP contribution in [0.25, 0.3) is 11.3 Å². The van der Waals surface area contributed by atoms with Crippen LogP contribution in [0.1, 0.15) is 21.5 Å². The number of carboxylic acid groups (broad SMARTS) is 1. The number of carbonyl (C=O) groups excluding carboxylic acids is 1. The van der Waals surface area contributed by atoms with E-state index in [2.05, 4.69) is 10.2 Å². The molecule has 0 spiro atoms. The number of hydrogen-bond acceptors (Lipinski definition) is 5. The Morgan fingerprint density at radius 2 is 1.59 bits per heavy atom. The van der Waals surface area contributed by atoms with Crippen LogP contribution >= 0.6 is 11.3 Å². The van der Waals surface area contributed by atoms with Crippen molar-refractivity contribution in [2.75, 3.05) is 11.9 Å². The molecule has 0 saturated carbocycles. The lowest BCUT2D eigenvalue weighted by atomic mass is 10.1. The van der Waals surface area contributed by atoms with Crippen LogP contribution in [-0.2, 0) is 17.8 Å². The van der Waals surface area contributed by atoms with Gasteiger partial charge in [-0.3, -0.25) is 4.79 Å². The number of anilines is 1. The molecule has 4 rings (SSSR count). The van der Waals surface area contributed by atoms with E-state index in [1.807, 2.05) is 85.2 Å². The van der Waals surface area contributed by atoms with Gasteiger partial charge in [-0.1, -0.05) is 72.8 Å². The van der Waals surface area contributed by atoms with E-state index in [1.54, 1.807) is 23.5 Å². The third kappa shape index (κ3) is 5.88. The molecule has 34 heavy (non-hydrogen) atoms. The quantitative estimate of drug-likeness (QED) is 0.364. The van der Waals surface area contributed by atoms with Crippen molar-refractivity contribution >= 4 is 28.3 Å². The summed E-state index contributed by atoms with van der Waals surface area (Å²) >= 11 is 1.59. The van der Waals surface area contributed by atoms with E-state index >= 15 is 0 Å². The van der Waals surface area contributed by atoms with Gasteiger partial charge in [0.1, 0.15) is 6.04 Å². The summed E-state index contributed by atoms with van der Waals surface area (Å²) in [6.07, 6.45) is 0.226. The summed E-state index contributed by atoms with van der Waals surface area (Å²) in [5.74, 6) is -1.47. The van der Waals surface area contributed by atoms with Gasteiger partial charge in [-0.2, -0.15) is 0 Å². The predicted octanol–water partition coefficient (Wildman–Crippen LogP) is 4.87. The number of nitrogens with one attached hydrogen (secondary N) is 1. The normalized spacial score (nSPS) is 11.6. The van der Waals surface area contributed by atoms with E-state index in [-0.39, 0.29) is 6.42 Å². The molecule has 6 nitrogen and oxygen atoms in total. The van der Waals surface area contributed by atoms with Gasteiger partial charge in [0, 0.05) is 36.5 Å². The van der Waals surface area contributed by atoms with Crippen molar-refractivity contribution in [2.45, 2.75) is 19.0 Å². The second-order valence-electron chi connectivity index (χ2n) is 7.99. The van der Waals surface area contributed by atoms with Gasteiger partial charge in [0.2, 0.25) is 0 Å². The number of amides is 1. The van der Waals surface area contributed by atoms with E-state index in [0.717, 1.165) is 27.5 Å². The standard InChI is InChI=1S/C27H25N3O3S/c1-30(27-29-24(18-34-27)21-10-6-3-7-11-21)17-20-12-14-22(15-13-20)25(31)28-23(26(32)33)16-19-8-4-2-5-9-19/h2-15,18,23H,16-17H2,1H3,(H,28,31)(H,32,33). The molecular formula is C27H25N3O3S. The van der Waals surface area contributed by atoms with Crippen LogP contribution in [0.5, 0.6) is 0 Å². The zero-order valence-electron chi connectivity index (χ0n) is 18.7. The first kappa shape index (κ1) is 23.2. The van der Waals surface area contributed by atoms with Gasteiger partial charge >= 0.3 is 5.97 Å². The van der Waals surface area contributed by atoms with Crippen molar-refractivity contribution in [3.05, 3.63) is 107 Å². The number of nitrogens with zero attached hydrogens (tertiary/aromatic N) is 2. The van der Waals surface area contributed by atoms with E-state index in [1.165, 1.54) is 0 Å². The zero-order chi connectivity index (χ0) is 23.9. The van der Waals surface area contributed by atoms with Crippen LogP contribution in [-0.4, -0.2) is 35.1 Å². The first-order valence-electron chi connectivity index (χ1n) is 10.9. The molecule has 0 aliphatic heterocycles. The molecule has 1 heterocycles. The largest absolute Gasteiger partial charge is 0.480 e. The minimum Gasteiger partial charge on any atom is -0.480 e. The maximum absolute atomic E-state index is 12.6. The molecule has 1 aromatic heterocycles. The second-order valence-corrected chi connectivity index (χ2v) is 8.82. The number of thiazole rings is 1. The van der Waals surface area contributed by atoms with Crippen LogP contribution < -0.4 is 10.2 Å². The first-order chi connectivity index (χ1) is 16.5. The molecule has 0 fully saturated rings. The number of carboxylic acids is 1. The van der Waals surface area contributed by atoms with Gasteiger partial charge in [-0.15, -0.1) is 11.3 Å². The predicted molar refractivity (Wildman–Crippen MR) is 135 cm³/mol. The SMILES string of the molecule is CN(Cc1ccc(C(=O)NC(Cc2ccccc2)C(=O)O)cc1)c1nc(-c2ccccc2)cs1. The first-order valence-corrected chi connectivity index (χ1v) is 11.8. The minimum absolute atomic E-state index is 0.226. The second kappa shape index (κ2) is 10.8. The summed E-state index contributed by atoms with van der Waals surface area (Å²) in [5.41, 5.74) is 4.33. The molecule has 0 bridgehead atoms. The van der Waals surface area contributed by atoms with E-state index in [4.69, 9.17) is 4.98 Å². The van der Waals surface area contributed by atoms with Crippen molar-refractivity contribution in [3.8, 4) is 11.3 Å². The summed E-state index contributed by atoms with van der Waals surface area (Å²) in [7, 11) is 1.98. The Balaban J connectivity index is 1.37. The molecule has 4 aromatic rings. The van der Waals surface area contributed by atoms with Crippen LogP contribution in [0, 0.1) is 0 Å². The van der Waals surface area contributed by atoms with Gasteiger partial charge in [0.15, 0.2) is 5.13 Å². The van der Waals surface area contributed by atoms with Crippen LogP contribution in [0.3, 0.4) is 0 Å². The van der Waals surface area contributed by atoms with Crippen molar-refractivity contribution in [1.29, 1.82) is 0 Å². The molecule has 0 aliphatic rings. The lowest BCUT2D eigenvalue weighted by molar-refractivity contribution is -0.139. The highest BCUT2D eigenvalue weighted by molar-refractivity contribution is 7.14. The molecule has 0 aliphatic carbocycles. The molecule has 2 N–H and O–H groups in total. The monoisotopic (exact) mass is 471 g/mol. The Bertz CT molecular complexity index is 1240. The molecule has 0 saturated heterocycles.